The van der Waals surface area contributed by atoms with E-state index in [0.29, 0.717) is 18.2 Å². The zero-order chi connectivity index (χ0) is 13.1. The topological polar surface area (TPSA) is 71.7 Å². The number of aliphatic hydroxyl groups is 1. The van der Waals surface area contributed by atoms with Gasteiger partial charge in [0.2, 0.25) is 5.76 Å². The van der Waals surface area contributed by atoms with Crippen molar-refractivity contribution in [3.05, 3.63) is 23.7 Å². The molecule has 1 aliphatic carbocycles. The van der Waals surface area contributed by atoms with Crippen molar-refractivity contribution in [3.63, 3.8) is 0 Å². The Morgan fingerprint density at radius 2 is 2.33 bits per heavy atom. The number of rotatable bonds is 6. The molecule has 100 valence electrons. The number of nitrogens with one attached hydrogen (secondary N) is 1. The quantitative estimate of drug-likeness (QED) is 0.751. The molecule has 2 unspecified atom stereocenters. The lowest BCUT2D eigenvalue weighted by atomic mass is 10.2. The van der Waals surface area contributed by atoms with Gasteiger partial charge in [-0.05, 0) is 37.8 Å². The number of ether oxygens (including phenoxy) is 1. The van der Waals surface area contributed by atoms with Gasteiger partial charge in [0.15, 0.2) is 0 Å². The first-order valence-corrected chi connectivity index (χ1v) is 6.21. The molecule has 5 nitrogen and oxygen atoms in total. The smallest absolute Gasteiger partial charge is 0.373 e. The molecule has 2 N–H and O–H groups in total. The van der Waals surface area contributed by atoms with Crippen LogP contribution in [0.5, 0.6) is 0 Å². The number of carbonyl (C=O) groups excluding carboxylic acids is 1. The minimum Gasteiger partial charge on any atom is -0.463 e. The van der Waals surface area contributed by atoms with Crippen molar-refractivity contribution in [2.45, 2.75) is 31.9 Å². The highest BCUT2D eigenvalue weighted by atomic mass is 16.5. The molecule has 0 amide bonds. The van der Waals surface area contributed by atoms with Gasteiger partial charge in [-0.1, -0.05) is 0 Å². The van der Waals surface area contributed by atoms with Crippen LogP contribution in [0, 0.1) is 5.92 Å². The van der Waals surface area contributed by atoms with Crippen LogP contribution in [-0.4, -0.2) is 30.8 Å². The van der Waals surface area contributed by atoms with Crippen molar-refractivity contribution in [2.75, 3.05) is 13.7 Å². The highest BCUT2D eigenvalue weighted by Crippen LogP contribution is 2.32. The van der Waals surface area contributed by atoms with Gasteiger partial charge >= 0.3 is 5.97 Å². The first kappa shape index (κ1) is 13.1. The Hall–Kier alpha value is -1.33. The molecule has 1 saturated carbocycles. The maximum atomic E-state index is 11.2. The standard InChI is InChI=1S/C13H19NO4/c1-8(14-7-10(15)9-3-4-9)11-5-6-12(18-11)13(16)17-2/h5-6,8-10,14-15H,3-4,7H2,1-2H3. The van der Waals surface area contributed by atoms with Crippen LogP contribution < -0.4 is 5.32 Å². The Morgan fingerprint density at radius 3 is 2.94 bits per heavy atom. The molecule has 1 fully saturated rings. The average Bonchev–Trinajstić information content (AvgIpc) is 3.12. The molecule has 2 atom stereocenters. The van der Waals surface area contributed by atoms with Crippen molar-refractivity contribution >= 4 is 5.97 Å². The van der Waals surface area contributed by atoms with Crippen molar-refractivity contribution in [1.29, 1.82) is 0 Å². The first-order valence-electron chi connectivity index (χ1n) is 6.21. The number of aliphatic hydroxyl groups excluding tert-OH is 1. The molecule has 0 radical (unpaired) electrons. The van der Waals surface area contributed by atoms with Crippen molar-refractivity contribution < 1.29 is 19.1 Å². The maximum absolute atomic E-state index is 11.2. The van der Waals surface area contributed by atoms with Crippen LogP contribution in [0.15, 0.2) is 16.5 Å². The highest BCUT2D eigenvalue weighted by Gasteiger charge is 2.29. The predicted molar refractivity (Wildman–Crippen MR) is 65.2 cm³/mol. The number of hydrogen-bond donors (Lipinski definition) is 2. The fourth-order valence-electron chi connectivity index (χ4n) is 1.84. The summed E-state index contributed by atoms with van der Waals surface area (Å²) < 4.78 is 9.96. The molecule has 0 aromatic carbocycles. The summed E-state index contributed by atoms with van der Waals surface area (Å²) in [5, 5.41) is 12.9. The minimum atomic E-state index is -0.480. The third-order valence-corrected chi connectivity index (χ3v) is 3.24. The van der Waals surface area contributed by atoms with Gasteiger partial charge in [0, 0.05) is 6.54 Å². The molecule has 1 aromatic rings. The second kappa shape index (κ2) is 5.54. The van der Waals surface area contributed by atoms with Crippen LogP contribution >= 0.6 is 0 Å². The van der Waals surface area contributed by atoms with Gasteiger partial charge in [-0.15, -0.1) is 0 Å². The summed E-state index contributed by atoms with van der Waals surface area (Å²) in [6, 6.07) is 3.29. The average molecular weight is 253 g/mol. The Morgan fingerprint density at radius 1 is 1.61 bits per heavy atom. The molecule has 5 heteroatoms. The fourth-order valence-corrected chi connectivity index (χ4v) is 1.84. The van der Waals surface area contributed by atoms with Gasteiger partial charge < -0.3 is 19.6 Å². The molecule has 18 heavy (non-hydrogen) atoms. The molecule has 1 aromatic heterocycles. The van der Waals surface area contributed by atoms with Crippen LogP contribution in [0.3, 0.4) is 0 Å². The third kappa shape index (κ3) is 3.11. The molecule has 0 saturated heterocycles. The number of furan rings is 1. The van der Waals surface area contributed by atoms with Gasteiger partial charge in [0.1, 0.15) is 5.76 Å². The molecule has 0 aliphatic heterocycles. The van der Waals surface area contributed by atoms with E-state index in [1.165, 1.54) is 7.11 Å². The zero-order valence-corrected chi connectivity index (χ0v) is 10.7. The van der Waals surface area contributed by atoms with E-state index in [2.05, 4.69) is 10.1 Å². The van der Waals surface area contributed by atoms with E-state index in [1.54, 1.807) is 12.1 Å². The van der Waals surface area contributed by atoms with E-state index >= 15 is 0 Å². The summed E-state index contributed by atoms with van der Waals surface area (Å²) in [6.45, 7) is 2.47. The molecule has 1 heterocycles. The summed E-state index contributed by atoms with van der Waals surface area (Å²) in [5.41, 5.74) is 0. The van der Waals surface area contributed by atoms with Gasteiger partial charge in [-0.2, -0.15) is 0 Å². The summed E-state index contributed by atoms with van der Waals surface area (Å²) in [5.74, 6) is 0.834. The Bertz CT molecular complexity index is 411. The summed E-state index contributed by atoms with van der Waals surface area (Å²) in [6.07, 6.45) is 1.94. The van der Waals surface area contributed by atoms with Crippen LogP contribution in [0.1, 0.15) is 42.1 Å². The lowest BCUT2D eigenvalue weighted by Gasteiger charge is -2.14. The molecular formula is C13H19NO4. The Kier molecular flexibility index (Phi) is 4.04. The van der Waals surface area contributed by atoms with Gasteiger partial charge in [0.25, 0.3) is 0 Å². The van der Waals surface area contributed by atoms with E-state index < -0.39 is 5.97 Å². The van der Waals surface area contributed by atoms with Crippen LogP contribution in [0.2, 0.25) is 0 Å². The van der Waals surface area contributed by atoms with Crippen molar-refractivity contribution in [1.82, 2.24) is 5.32 Å². The summed E-state index contributed by atoms with van der Waals surface area (Å²) in [7, 11) is 1.32. The van der Waals surface area contributed by atoms with Crippen molar-refractivity contribution in [2.24, 2.45) is 5.92 Å². The normalized spacial score (nSPS) is 18.4. The van der Waals surface area contributed by atoms with E-state index in [4.69, 9.17) is 4.42 Å². The fraction of sp³-hybridized carbons (Fsp3) is 0.615. The molecule has 1 aliphatic rings. The van der Waals surface area contributed by atoms with Gasteiger partial charge in [-0.3, -0.25) is 0 Å². The van der Waals surface area contributed by atoms with Gasteiger partial charge in [-0.25, -0.2) is 4.79 Å². The minimum absolute atomic E-state index is 0.0446. The van der Waals surface area contributed by atoms with Crippen LogP contribution in [-0.2, 0) is 4.74 Å². The highest BCUT2D eigenvalue weighted by molar-refractivity contribution is 5.86. The lowest BCUT2D eigenvalue weighted by molar-refractivity contribution is 0.0561. The third-order valence-electron chi connectivity index (χ3n) is 3.24. The second-order valence-corrected chi connectivity index (χ2v) is 4.73. The zero-order valence-electron chi connectivity index (χ0n) is 10.7. The molecule has 2 rings (SSSR count). The lowest BCUT2D eigenvalue weighted by Crippen LogP contribution is -2.30. The van der Waals surface area contributed by atoms with Crippen LogP contribution in [0.25, 0.3) is 0 Å². The number of carbonyl (C=O) groups is 1. The first-order chi connectivity index (χ1) is 8.61. The van der Waals surface area contributed by atoms with E-state index in [-0.39, 0.29) is 17.9 Å². The number of methoxy groups -OCH3 is 1. The molecular weight excluding hydrogens is 234 g/mol. The molecule has 0 bridgehead atoms. The summed E-state index contributed by atoms with van der Waals surface area (Å²) >= 11 is 0. The number of esters is 1. The maximum Gasteiger partial charge on any atom is 0.373 e. The van der Waals surface area contributed by atoms with E-state index in [1.807, 2.05) is 6.92 Å². The predicted octanol–water partition coefficient (Wildman–Crippen LogP) is 1.49. The Balaban J connectivity index is 1.85. The molecule has 0 spiro atoms. The SMILES string of the molecule is COC(=O)c1ccc(C(C)NCC(O)C2CC2)o1. The largest absolute Gasteiger partial charge is 0.463 e. The second-order valence-electron chi connectivity index (χ2n) is 4.73. The van der Waals surface area contributed by atoms with Crippen molar-refractivity contribution in [3.8, 4) is 0 Å². The van der Waals surface area contributed by atoms with Gasteiger partial charge in [0.05, 0.1) is 19.3 Å². The van der Waals surface area contributed by atoms with E-state index in [9.17, 15) is 9.90 Å². The van der Waals surface area contributed by atoms with Crippen LogP contribution in [0.4, 0.5) is 0 Å². The number of hydrogen-bond acceptors (Lipinski definition) is 5. The Labute approximate surface area is 106 Å². The summed E-state index contributed by atoms with van der Waals surface area (Å²) in [4.78, 5) is 11.2. The van der Waals surface area contributed by atoms with E-state index in [0.717, 1.165) is 12.8 Å². The monoisotopic (exact) mass is 253 g/mol.